The van der Waals surface area contributed by atoms with E-state index >= 15 is 0 Å². The molecule has 3 aromatic rings. The predicted octanol–water partition coefficient (Wildman–Crippen LogP) is 3.55. The first kappa shape index (κ1) is 9.48. The van der Waals surface area contributed by atoms with Gasteiger partial charge in [-0.3, -0.25) is 4.79 Å². The zero-order chi connectivity index (χ0) is 11.1. The van der Waals surface area contributed by atoms with E-state index in [1.54, 1.807) is 12.1 Å². The van der Waals surface area contributed by atoms with E-state index in [0.717, 1.165) is 9.40 Å². The Balaban J connectivity index is 2.61. The molecule has 0 amide bonds. The lowest BCUT2D eigenvalue weighted by atomic mass is 10.2. The highest BCUT2D eigenvalue weighted by Gasteiger charge is 2.05. The third-order valence-corrected chi connectivity index (χ3v) is 3.69. The molecule has 0 atom stereocenters. The average Bonchev–Trinajstić information content (AvgIpc) is 2.31. The van der Waals surface area contributed by atoms with Crippen LogP contribution in [0.4, 0.5) is 4.39 Å². The van der Waals surface area contributed by atoms with Crippen LogP contribution in [0.1, 0.15) is 0 Å². The van der Waals surface area contributed by atoms with Gasteiger partial charge in [0.1, 0.15) is 5.82 Å². The predicted molar refractivity (Wildman–Crippen MR) is 65.6 cm³/mol. The molecule has 0 saturated heterocycles. The van der Waals surface area contributed by atoms with Gasteiger partial charge >= 0.3 is 0 Å². The molecular weight excluding hydrogens is 223 g/mol. The summed E-state index contributed by atoms with van der Waals surface area (Å²) in [7, 11) is 0. The average molecular weight is 230 g/mol. The summed E-state index contributed by atoms with van der Waals surface area (Å²) >= 11 is 1.51. The van der Waals surface area contributed by atoms with Crippen molar-refractivity contribution in [2.45, 2.75) is 0 Å². The van der Waals surface area contributed by atoms with Crippen molar-refractivity contribution < 1.29 is 4.39 Å². The Kier molecular flexibility index (Phi) is 2.01. The minimum atomic E-state index is -0.368. The normalized spacial score (nSPS) is 11.1. The van der Waals surface area contributed by atoms with Gasteiger partial charge in [-0.15, -0.1) is 11.3 Å². The summed E-state index contributed by atoms with van der Waals surface area (Å²) in [6.07, 6.45) is 0. The van der Waals surface area contributed by atoms with Crippen molar-refractivity contribution in [1.82, 2.24) is 0 Å². The van der Waals surface area contributed by atoms with E-state index < -0.39 is 0 Å². The summed E-state index contributed by atoms with van der Waals surface area (Å²) in [6.45, 7) is 0. The van der Waals surface area contributed by atoms with Gasteiger partial charge in [-0.2, -0.15) is 0 Å². The molecule has 0 saturated carbocycles. The topological polar surface area (TPSA) is 17.1 Å². The van der Waals surface area contributed by atoms with Gasteiger partial charge in [0.15, 0.2) is 5.43 Å². The minimum absolute atomic E-state index is 0.0937. The number of hydrogen-bond acceptors (Lipinski definition) is 2. The Morgan fingerprint density at radius 1 is 0.938 bits per heavy atom. The first-order valence-corrected chi connectivity index (χ1v) is 5.68. The van der Waals surface area contributed by atoms with E-state index in [4.69, 9.17) is 0 Å². The SMILES string of the molecule is O=c1c2ccccc2sc2ccc(F)cc12. The monoisotopic (exact) mass is 230 g/mol. The van der Waals surface area contributed by atoms with E-state index in [2.05, 4.69) is 0 Å². The maximum absolute atomic E-state index is 13.1. The highest BCUT2D eigenvalue weighted by atomic mass is 32.1. The first-order valence-electron chi connectivity index (χ1n) is 4.87. The molecule has 1 nitrogen and oxygen atoms in total. The minimum Gasteiger partial charge on any atom is -0.289 e. The van der Waals surface area contributed by atoms with Gasteiger partial charge in [-0.1, -0.05) is 12.1 Å². The second-order valence-electron chi connectivity index (χ2n) is 3.57. The van der Waals surface area contributed by atoms with Crippen molar-refractivity contribution in [3.05, 3.63) is 58.5 Å². The standard InChI is InChI=1S/C13H7FOS/c14-8-5-6-12-10(7-8)13(15)9-3-1-2-4-11(9)16-12/h1-7H. The van der Waals surface area contributed by atoms with Crippen molar-refractivity contribution in [3.63, 3.8) is 0 Å². The van der Waals surface area contributed by atoms with Crippen LogP contribution in [0.25, 0.3) is 20.2 Å². The molecule has 0 radical (unpaired) electrons. The van der Waals surface area contributed by atoms with Crippen molar-refractivity contribution in [1.29, 1.82) is 0 Å². The summed E-state index contributed by atoms with van der Waals surface area (Å²) in [6, 6.07) is 11.7. The van der Waals surface area contributed by atoms with Gasteiger partial charge in [-0.05, 0) is 30.3 Å². The van der Waals surface area contributed by atoms with Gasteiger partial charge in [0.2, 0.25) is 0 Å². The first-order chi connectivity index (χ1) is 7.75. The van der Waals surface area contributed by atoms with Crippen LogP contribution in [-0.4, -0.2) is 0 Å². The van der Waals surface area contributed by atoms with E-state index in [1.807, 2.05) is 18.2 Å². The summed E-state index contributed by atoms with van der Waals surface area (Å²) in [5.41, 5.74) is -0.0937. The molecule has 0 unspecified atom stereocenters. The fraction of sp³-hybridized carbons (Fsp3) is 0. The third kappa shape index (κ3) is 1.32. The van der Waals surface area contributed by atoms with Crippen LogP contribution in [0.2, 0.25) is 0 Å². The Bertz CT molecular complexity index is 746. The van der Waals surface area contributed by atoms with Crippen LogP contribution in [-0.2, 0) is 0 Å². The van der Waals surface area contributed by atoms with E-state index in [0.29, 0.717) is 10.8 Å². The lowest BCUT2D eigenvalue weighted by molar-refractivity contribution is 0.630. The van der Waals surface area contributed by atoms with Gasteiger partial charge in [0.05, 0.1) is 0 Å². The molecule has 0 bridgehead atoms. The second kappa shape index (κ2) is 3.39. The maximum atomic E-state index is 13.1. The quantitative estimate of drug-likeness (QED) is 0.540. The number of hydrogen-bond donors (Lipinski definition) is 0. The van der Waals surface area contributed by atoms with Gasteiger partial charge in [0, 0.05) is 20.2 Å². The molecular formula is C13H7FOS. The van der Waals surface area contributed by atoms with Gasteiger partial charge < -0.3 is 0 Å². The molecule has 0 aliphatic heterocycles. The smallest absolute Gasteiger partial charge is 0.195 e. The molecule has 1 heterocycles. The molecule has 2 aromatic carbocycles. The number of rotatable bonds is 0. The largest absolute Gasteiger partial charge is 0.289 e. The van der Waals surface area contributed by atoms with Gasteiger partial charge in [0.25, 0.3) is 0 Å². The van der Waals surface area contributed by atoms with Crippen LogP contribution in [0.15, 0.2) is 47.3 Å². The third-order valence-electron chi connectivity index (χ3n) is 2.54. The number of benzene rings is 2. The molecule has 0 aliphatic carbocycles. The summed E-state index contributed by atoms with van der Waals surface area (Å²) < 4.78 is 14.8. The van der Waals surface area contributed by atoms with Crippen molar-refractivity contribution in [3.8, 4) is 0 Å². The number of fused-ring (bicyclic) bond motifs is 2. The lowest BCUT2D eigenvalue weighted by Gasteiger charge is -2.00. The van der Waals surface area contributed by atoms with Crippen molar-refractivity contribution in [2.24, 2.45) is 0 Å². The molecule has 0 N–H and O–H groups in total. The van der Waals surface area contributed by atoms with E-state index in [1.165, 1.54) is 23.5 Å². The van der Waals surface area contributed by atoms with Gasteiger partial charge in [-0.25, -0.2) is 4.39 Å². The Morgan fingerprint density at radius 3 is 2.56 bits per heavy atom. The highest BCUT2D eigenvalue weighted by Crippen LogP contribution is 2.24. The molecule has 3 heteroatoms. The number of halogens is 1. The van der Waals surface area contributed by atoms with E-state index in [-0.39, 0.29) is 11.2 Å². The Labute approximate surface area is 94.8 Å². The highest BCUT2D eigenvalue weighted by molar-refractivity contribution is 7.24. The Morgan fingerprint density at radius 2 is 1.69 bits per heavy atom. The van der Waals surface area contributed by atoms with Crippen LogP contribution in [0.5, 0.6) is 0 Å². The molecule has 3 rings (SSSR count). The van der Waals surface area contributed by atoms with Crippen LogP contribution in [0, 0.1) is 5.82 Å². The molecule has 0 fully saturated rings. The molecule has 1 aromatic heterocycles. The molecule has 0 aliphatic rings. The molecule has 16 heavy (non-hydrogen) atoms. The Hall–Kier alpha value is -1.74. The summed E-state index contributed by atoms with van der Waals surface area (Å²) in [5.74, 6) is -0.368. The maximum Gasteiger partial charge on any atom is 0.195 e. The zero-order valence-corrected chi connectivity index (χ0v) is 9.05. The summed E-state index contributed by atoms with van der Waals surface area (Å²) in [4.78, 5) is 12.1. The summed E-state index contributed by atoms with van der Waals surface area (Å²) in [5, 5.41) is 1.12. The van der Waals surface area contributed by atoms with Crippen molar-refractivity contribution in [2.75, 3.05) is 0 Å². The zero-order valence-electron chi connectivity index (χ0n) is 8.24. The lowest BCUT2D eigenvalue weighted by Crippen LogP contribution is -2.00. The molecule has 78 valence electrons. The fourth-order valence-corrected chi connectivity index (χ4v) is 2.83. The molecule has 0 spiro atoms. The fourth-order valence-electron chi connectivity index (χ4n) is 1.78. The van der Waals surface area contributed by atoms with Crippen LogP contribution in [0.3, 0.4) is 0 Å². The van der Waals surface area contributed by atoms with Crippen LogP contribution < -0.4 is 5.43 Å². The van der Waals surface area contributed by atoms with E-state index in [9.17, 15) is 9.18 Å². The second-order valence-corrected chi connectivity index (χ2v) is 4.65. The van der Waals surface area contributed by atoms with Crippen molar-refractivity contribution >= 4 is 31.5 Å². The van der Waals surface area contributed by atoms with Crippen LogP contribution >= 0.6 is 11.3 Å².